The maximum atomic E-state index is 12.8. The Morgan fingerprint density at radius 1 is 1.36 bits per heavy atom. The Hall–Kier alpha value is -1.92. The molecule has 118 valence electrons. The van der Waals surface area contributed by atoms with Gasteiger partial charge < -0.3 is 14.4 Å². The summed E-state index contributed by atoms with van der Waals surface area (Å²) in [7, 11) is 1.96. The van der Waals surface area contributed by atoms with Gasteiger partial charge in [0.15, 0.2) is 0 Å². The normalized spacial score (nSPS) is 22.1. The number of aryl methyl sites for hydroxylation is 1. The van der Waals surface area contributed by atoms with Gasteiger partial charge in [0, 0.05) is 32.9 Å². The molecule has 1 fully saturated rings. The highest BCUT2D eigenvalue weighted by atomic mass is 19.1. The maximum Gasteiger partial charge on any atom is 0.123 e. The van der Waals surface area contributed by atoms with Crippen LogP contribution >= 0.6 is 0 Å². The number of nitrogens with zero attached hydrogens (tertiary/aromatic N) is 3. The topological polar surface area (TPSA) is 50.5 Å². The first kappa shape index (κ1) is 15.0. The molecule has 0 amide bonds. The van der Waals surface area contributed by atoms with E-state index in [4.69, 9.17) is 4.74 Å². The third kappa shape index (κ3) is 3.45. The summed E-state index contributed by atoms with van der Waals surface area (Å²) < 4.78 is 20.4. The van der Waals surface area contributed by atoms with Gasteiger partial charge in [0.25, 0.3) is 0 Å². The average molecular weight is 305 g/mol. The minimum Gasteiger partial charge on any atom is -0.491 e. The second kappa shape index (κ2) is 6.06. The van der Waals surface area contributed by atoms with Crippen LogP contribution in [-0.2, 0) is 13.6 Å². The van der Waals surface area contributed by atoms with Gasteiger partial charge in [-0.2, -0.15) is 0 Å². The van der Waals surface area contributed by atoms with Crippen LogP contribution in [0.3, 0.4) is 0 Å². The van der Waals surface area contributed by atoms with Crippen LogP contribution < -0.4 is 4.74 Å². The Balaban J connectivity index is 1.54. The molecule has 1 saturated heterocycles. The first-order chi connectivity index (χ1) is 10.5. The van der Waals surface area contributed by atoms with Crippen molar-refractivity contribution in [2.24, 2.45) is 7.05 Å². The van der Waals surface area contributed by atoms with E-state index >= 15 is 0 Å². The van der Waals surface area contributed by atoms with E-state index in [1.807, 2.05) is 17.8 Å². The molecule has 0 spiro atoms. The molecular weight excluding hydrogens is 285 g/mol. The van der Waals surface area contributed by atoms with Gasteiger partial charge >= 0.3 is 0 Å². The molecule has 6 heteroatoms. The summed E-state index contributed by atoms with van der Waals surface area (Å²) in [5, 5.41) is 10.6. The molecule has 1 aliphatic heterocycles. The molecule has 22 heavy (non-hydrogen) atoms. The van der Waals surface area contributed by atoms with Crippen LogP contribution in [-0.4, -0.2) is 44.9 Å². The van der Waals surface area contributed by atoms with Crippen molar-refractivity contribution in [1.29, 1.82) is 0 Å². The number of rotatable bonds is 5. The largest absolute Gasteiger partial charge is 0.491 e. The van der Waals surface area contributed by atoms with Gasteiger partial charge in [0.05, 0.1) is 12.0 Å². The van der Waals surface area contributed by atoms with Crippen LogP contribution in [0.1, 0.15) is 12.1 Å². The molecule has 0 aliphatic carbocycles. The van der Waals surface area contributed by atoms with Gasteiger partial charge in [-0.25, -0.2) is 9.37 Å². The van der Waals surface area contributed by atoms with Crippen LogP contribution in [0.4, 0.5) is 4.39 Å². The molecule has 0 saturated carbocycles. The molecule has 0 unspecified atom stereocenters. The summed E-state index contributed by atoms with van der Waals surface area (Å²) in [5.41, 5.74) is 0.246. The minimum absolute atomic E-state index is 0.209. The van der Waals surface area contributed by atoms with Gasteiger partial charge in [0.1, 0.15) is 23.8 Å². The van der Waals surface area contributed by atoms with E-state index in [9.17, 15) is 9.50 Å². The van der Waals surface area contributed by atoms with E-state index in [1.54, 1.807) is 18.5 Å². The highest BCUT2D eigenvalue weighted by molar-refractivity contribution is 5.22. The first-order valence-electron chi connectivity index (χ1n) is 7.32. The van der Waals surface area contributed by atoms with Gasteiger partial charge in [0.2, 0.25) is 0 Å². The Labute approximate surface area is 129 Å². The van der Waals surface area contributed by atoms with E-state index < -0.39 is 5.60 Å². The Kier molecular flexibility index (Phi) is 4.13. The fraction of sp³-hybridized carbons (Fsp3) is 0.438. The Bertz CT molecular complexity index is 629. The maximum absolute atomic E-state index is 12.8. The SMILES string of the molecule is Cn1cncc1CN1CC[C@](O)(COc2ccc(F)cc2)C1. The van der Waals surface area contributed by atoms with E-state index in [1.165, 1.54) is 12.1 Å². The summed E-state index contributed by atoms with van der Waals surface area (Å²) in [6, 6.07) is 5.84. The molecule has 3 rings (SSSR count). The van der Waals surface area contributed by atoms with Crippen LogP contribution in [0, 0.1) is 5.82 Å². The van der Waals surface area contributed by atoms with Gasteiger partial charge in [-0.15, -0.1) is 0 Å². The van der Waals surface area contributed by atoms with Crippen molar-refractivity contribution in [2.45, 2.75) is 18.6 Å². The smallest absolute Gasteiger partial charge is 0.123 e. The molecule has 1 aromatic heterocycles. The van der Waals surface area contributed by atoms with Crippen molar-refractivity contribution in [2.75, 3.05) is 19.7 Å². The highest BCUT2D eigenvalue weighted by Crippen LogP contribution is 2.24. The molecule has 2 aromatic rings. The van der Waals surface area contributed by atoms with Crippen molar-refractivity contribution < 1.29 is 14.2 Å². The fourth-order valence-corrected chi connectivity index (χ4v) is 2.71. The number of β-amino-alcohol motifs (C(OH)–C–C–N with tert-alkyl or cyclic N) is 1. The van der Waals surface area contributed by atoms with Crippen molar-refractivity contribution in [1.82, 2.24) is 14.5 Å². The Morgan fingerprint density at radius 3 is 2.82 bits per heavy atom. The number of halogens is 1. The number of benzene rings is 1. The van der Waals surface area contributed by atoms with Crippen LogP contribution in [0.2, 0.25) is 0 Å². The molecule has 2 heterocycles. The second-order valence-corrected chi connectivity index (χ2v) is 5.92. The summed E-state index contributed by atoms with van der Waals surface area (Å²) in [4.78, 5) is 6.29. The van der Waals surface area contributed by atoms with Crippen molar-refractivity contribution in [3.8, 4) is 5.75 Å². The lowest BCUT2D eigenvalue weighted by molar-refractivity contribution is 0.00323. The lowest BCUT2D eigenvalue weighted by Crippen LogP contribution is -2.39. The van der Waals surface area contributed by atoms with Crippen molar-refractivity contribution in [3.05, 3.63) is 48.3 Å². The highest BCUT2D eigenvalue weighted by Gasteiger charge is 2.37. The van der Waals surface area contributed by atoms with E-state index in [0.29, 0.717) is 18.7 Å². The third-order valence-electron chi connectivity index (χ3n) is 4.03. The molecule has 1 aromatic carbocycles. The van der Waals surface area contributed by atoms with Crippen LogP contribution in [0.5, 0.6) is 5.75 Å². The lowest BCUT2D eigenvalue weighted by Gasteiger charge is -2.23. The monoisotopic (exact) mass is 305 g/mol. The van der Waals surface area contributed by atoms with Gasteiger partial charge in [-0.3, -0.25) is 4.90 Å². The zero-order valence-electron chi connectivity index (χ0n) is 12.6. The molecule has 5 nitrogen and oxygen atoms in total. The lowest BCUT2D eigenvalue weighted by atomic mass is 10.1. The number of hydrogen-bond donors (Lipinski definition) is 1. The molecule has 1 aliphatic rings. The molecule has 1 atom stereocenters. The summed E-state index contributed by atoms with van der Waals surface area (Å²) >= 11 is 0. The number of aromatic nitrogens is 2. The van der Waals surface area contributed by atoms with Crippen molar-refractivity contribution >= 4 is 0 Å². The molecule has 0 bridgehead atoms. The third-order valence-corrected chi connectivity index (χ3v) is 4.03. The predicted octanol–water partition coefficient (Wildman–Crippen LogP) is 1.57. The number of imidazole rings is 1. The zero-order valence-corrected chi connectivity index (χ0v) is 12.6. The fourth-order valence-electron chi connectivity index (χ4n) is 2.71. The Morgan fingerprint density at radius 2 is 2.14 bits per heavy atom. The number of ether oxygens (including phenoxy) is 1. The quantitative estimate of drug-likeness (QED) is 0.911. The summed E-state index contributed by atoms with van der Waals surface area (Å²) in [6.45, 7) is 2.34. The molecular formula is C16H20FN3O2. The number of likely N-dealkylation sites (tertiary alicyclic amines) is 1. The van der Waals surface area contributed by atoms with Gasteiger partial charge in [-0.1, -0.05) is 0 Å². The average Bonchev–Trinajstić information content (AvgIpc) is 3.06. The predicted molar refractivity (Wildman–Crippen MR) is 79.9 cm³/mol. The van der Waals surface area contributed by atoms with E-state index in [-0.39, 0.29) is 12.4 Å². The van der Waals surface area contributed by atoms with Crippen LogP contribution in [0.25, 0.3) is 0 Å². The van der Waals surface area contributed by atoms with E-state index in [2.05, 4.69) is 9.88 Å². The summed E-state index contributed by atoms with van der Waals surface area (Å²) in [5.74, 6) is 0.272. The minimum atomic E-state index is -0.868. The molecule has 1 N–H and O–H groups in total. The number of hydrogen-bond acceptors (Lipinski definition) is 4. The standard InChI is InChI=1S/C16H20FN3O2/c1-19-12-18-8-14(19)9-20-7-6-16(21,10-20)11-22-15-4-2-13(17)3-5-15/h2-5,8,12,21H,6-7,9-11H2,1H3/t16-/m1/s1. The number of aliphatic hydroxyl groups is 1. The second-order valence-electron chi connectivity index (χ2n) is 5.92. The van der Waals surface area contributed by atoms with Crippen molar-refractivity contribution in [3.63, 3.8) is 0 Å². The summed E-state index contributed by atoms with van der Waals surface area (Å²) in [6.07, 6.45) is 4.27. The van der Waals surface area contributed by atoms with E-state index in [0.717, 1.165) is 18.8 Å². The van der Waals surface area contributed by atoms with Gasteiger partial charge in [-0.05, 0) is 30.7 Å². The zero-order chi connectivity index (χ0) is 15.6. The van der Waals surface area contributed by atoms with Crippen LogP contribution in [0.15, 0.2) is 36.8 Å². The first-order valence-corrected chi connectivity index (χ1v) is 7.32. The molecule has 0 radical (unpaired) electrons.